The third-order valence-electron chi connectivity index (χ3n) is 3.28. The molecular formula is C13H15N5O2. The Labute approximate surface area is 115 Å². The number of carbonyl (C=O) groups excluding carboxylic acids is 1. The van der Waals surface area contributed by atoms with Crippen LogP contribution in [0.2, 0.25) is 0 Å². The summed E-state index contributed by atoms with van der Waals surface area (Å²) in [4.78, 5) is 12.0. The second kappa shape index (κ2) is 5.38. The Morgan fingerprint density at radius 3 is 3.10 bits per heavy atom. The molecule has 2 aromatic rings. The number of hydrogen-bond donors (Lipinski definition) is 1. The quantitative estimate of drug-likeness (QED) is 0.900. The molecule has 1 N–H and O–H groups in total. The van der Waals surface area contributed by atoms with E-state index in [1.165, 1.54) is 0 Å². The van der Waals surface area contributed by atoms with E-state index in [1.54, 1.807) is 4.68 Å². The molecule has 7 nitrogen and oxygen atoms in total. The number of nitrogens with zero attached hydrogens (tertiary/aromatic N) is 4. The van der Waals surface area contributed by atoms with Gasteiger partial charge in [0.25, 0.3) is 0 Å². The molecule has 1 amide bonds. The average molecular weight is 273 g/mol. The second-order valence-corrected chi connectivity index (χ2v) is 4.74. The van der Waals surface area contributed by atoms with E-state index in [0.717, 1.165) is 17.8 Å². The lowest BCUT2D eigenvalue weighted by Crippen LogP contribution is -2.22. The molecule has 3 rings (SSSR count). The summed E-state index contributed by atoms with van der Waals surface area (Å²) in [6.45, 7) is 2.97. The fraction of sp³-hybridized carbons (Fsp3) is 0.385. The Bertz CT molecular complexity index is 619. The Balaban J connectivity index is 1.78. The average Bonchev–Trinajstić information content (AvgIpc) is 3.10. The van der Waals surface area contributed by atoms with Crippen molar-refractivity contribution in [1.82, 2.24) is 20.2 Å². The van der Waals surface area contributed by atoms with E-state index >= 15 is 0 Å². The van der Waals surface area contributed by atoms with Crippen LogP contribution in [0.15, 0.2) is 24.3 Å². The molecule has 1 aliphatic heterocycles. The van der Waals surface area contributed by atoms with Crippen molar-refractivity contribution in [3.05, 3.63) is 30.1 Å². The molecule has 1 atom stereocenters. The lowest BCUT2D eigenvalue weighted by atomic mass is 10.1. The molecule has 1 aromatic heterocycles. The minimum atomic E-state index is -0.0616. The van der Waals surface area contributed by atoms with Gasteiger partial charge in [0, 0.05) is 12.3 Å². The zero-order valence-electron chi connectivity index (χ0n) is 11.1. The van der Waals surface area contributed by atoms with E-state index in [0.29, 0.717) is 19.0 Å². The molecule has 1 fully saturated rings. The maximum absolute atomic E-state index is 12.0. The molecule has 1 aliphatic rings. The van der Waals surface area contributed by atoms with Crippen molar-refractivity contribution in [1.29, 1.82) is 0 Å². The molecule has 1 saturated heterocycles. The van der Waals surface area contributed by atoms with Crippen molar-refractivity contribution in [3.8, 4) is 5.69 Å². The molecule has 0 saturated carbocycles. The van der Waals surface area contributed by atoms with Gasteiger partial charge in [0.1, 0.15) is 0 Å². The summed E-state index contributed by atoms with van der Waals surface area (Å²) in [5.41, 5.74) is 1.54. The SMILES string of the molecule is Cc1nnnn1-c1cccc(NC(=O)C2CCOC2)c1. The third-order valence-corrected chi connectivity index (χ3v) is 3.28. The largest absolute Gasteiger partial charge is 0.381 e. The van der Waals surface area contributed by atoms with Crippen LogP contribution >= 0.6 is 0 Å². The first-order valence-corrected chi connectivity index (χ1v) is 6.48. The first-order valence-electron chi connectivity index (χ1n) is 6.48. The molecule has 20 heavy (non-hydrogen) atoms. The second-order valence-electron chi connectivity index (χ2n) is 4.74. The topological polar surface area (TPSA) is 81.9 Å². The highest BCUT2D eigenvalue weighted by atomic mass is 16.5. The molecule has 0 spiro atoms. The highest BCUT2D eigenvalue weighted by Crippen LogP contribution is 2.18. The number of ether oxygens (including phenoxy) is 1. The van der Waals surface area contributed by atoms with E-state index in [4.69, 9.17) is 4.74 Å². The summed E-state index contributed by atoms with van der Waals surface area (Å²) in [7, 11) is 0. The van der Waals surface area contributed by atoms with Gasteiger partial charge in [0.15, 0.2) is 5.82 Å². The zero-order chi connectivity index (χ0) is 13.9. The van der Waals surface area contributed by atoms with E-state index in [2.05, 4.69) is 20.8 Å². The number of benzene rings is 1. The predicted octanol–water partition coefficient (Wildman–Crippen LogP) is 0.946. The number of rotatable bonds is 3. The number of amides is 1. The lowest BCUT2D eigenvalue weighted by Gasteiger charge is -2.10. The van der Waals surface area contributed by atoms with Gasteiger partial charge in [0.05, 0.1) is 18.2 Å². The molecular weight excluding hydrogens is 258 g/mol. The Morgan fingerprint density at radius 2 is 2.40 bits per heavy atom. The highest BCUT2D eigenvalue weighted by molar-refractivity contribution is 5.93. The van der Waals surface area contributed by atoms with E-state index in [-0.39, 0.29) is 11.8 Å². The van der Waals surface area contributed by atoms with Crippen molar-refractivity contribution in [2.75, 3.05) is 18.5 Å². The number of aromatic nitrogens is 4. The maximum Gasteiger partial charge on any atom is 0.229 e. The lowest BCUT2D eigenvalue weighted by molar-refractivity contribution is -0.119. The minimum absolute atomic E-state index is 0.00640. The van der Waals surface area contributed by atoms with Crippen LogP contribution in [0.5, 0.6) is 0 Å². The molecule has 0 bridgehead atoms. The van der Waals surface area contributed by atoms with Crippen molar-refractivity contribution in [3.63, 3.8) is 0 Å². The summed E-state index contributed by atoms with van der Waals surface area (Å²) < 4.78 is 6.84. The summed E-state index contributed by atoms with van der Waals surface area (Å²) in [6, 6.07) is 7.43. The minimum Gasteiger partial charge on any atom is -0.381 e. The van der Waals surface area contributed by atoms with Crippen LogP contribution in [0.25, 0.3) is 5.69 Å². The zero-order valence-corrected chi connectivity index (χ0v) is 11.1. The van der Waals surface area contributed by atoms with E-state index < -0.39 is 0 Å². The van der Waals surface area contributed by atoms with Crippen molar-refractivity contribution >= 4 is 11.6 Å². The smallest absolute Gasteiger partial charge is 0.229 e. The first kappa shape index (κ1) is 12.7. The molecule has 7 heteroatoms. The number of tetrazole rings is 1. The van der Waals surface area contributed by atoms with Gasteiger partial charge in [-0.15, -0.1) is 5.10 Å². The fourth-order valence-electron chi connectivity index (χ4n) is 2.17. The number of nitrogens with one attached hydrogen (secondary N) is 1. The van der Waals surface area contributed by atoms with Crippen LogP contribution in [0, 0.1) is 12.8 Å². The van der Waals surface area contributed by atoms with Gasteiger partial charge < -0.3 is 10.1 Å². The summed E-state index contributed by atoms with van der Waals surface area (Å²) in [5, 5.41) is 14.3. The normalized spacial score (nSPS) is 18.1. The van der Waals surface area contributed by atoms with Gasteiger partial charge in [-0.05, 0) is 42.0 Å². The number of hydrogen-bond acceptors (Lipinski definition) is 5. The van der Waals surface area contributed by atoms with E-state index in [9.17, 15) is 4.79 Å². The van der Waals surface area contributed by atoms with Crippen LogP contribution in [0.4, 0.5) is 5.69 Å². The third kappa shape index (κ3) is 2.53. The molecule has 1 unspecified atom stereocenters. The summed E-state index contributed by atoms with van der Waals surface area (Å²) >= 11 is 0. The summed E-state index contributed by atoms with van der Waals surface area (Å²) in [5.74, 6) is 0.624. The predicted molar refractivity (Wildman–Crippen MR) is 71.4 cm³/mol. The van der Waals surface area contributed by atoms with Crippen LogP contribution < -0.4 is 5.32 Å². The maximum atomic E-state index is 12.0. The standard InChI is InChI=1S/C13H15N5O2/c1-9-15-16-17-18(9)12-4-2-3-11(7-12)14-13(19)10-5-6-20-8-10/h2-4,7,10H,5-6,8H2,1H3,(H,14,19). The monoisotopic (exact) mass is 273 g/mol. The Kier molecular flexibility index (Phi) is 3.42. The van der Waals surface area contributed by atoms with Crippen molar-refractivity contribution in [2.24, 2.45) is 5.92 Å². The van der Waals surface area contributed by atoms with Gasteiger partial charge >= 0.3 is 0 Å². The van der Waals surface area contributed by atoms with Crippen molar-refractivity contribution in [2.45, 2.75) is 13.3 Å². The van der Waals surface area contributed by atoms with Gasteiger partial charge in [-0.3, -0.25) is 4.79 Å². The molecule has 104 valence electrons. The van der Waals surface area contributed by atoms with Gasteiger partial charge in [0.2, 0.25) is 5.91 Å². The molecule has 0 radical (unpaired) electrons. The van der Waals surface area contributed by atoms with Crippen LogP contribution in [-0.2, 0) is 9.53 Å². The summed E-state index contributed by atoms with van der Waals surface area (Å²) in [6.07, 6.45) is 0.775. The Hall–Kier alpha value is -2.28. The number of carbonyl (C=O) groups is 1. The number of anilines is 1. The first-order chi connectivity index (χ1) is 9.74. The van der Waals surface area contributed by atoms with Crippen LogP contribution in [0.1, 0.15) is 12.2 Å². The van der Waals surface area contributed by atoms with Crippen molar-refractivity contribution < 1.29 is 9.53 Å². The molecule has 1 aromatic carbocycles. The molecule has 0 aliphatic carbocycles. The van der Waals surface area contributed by atoms with E-state index in [1.807, 2.05) is 31.2 Å². The van der Waals surface area contributed by atoms with Gasteiger partial charge in [-0.25, -0.2) is 0 Å². The van der Waals surface area contributed by atoms with Crippen LogP contribution in [0.3, 0.4) is 0 Å². The fourth-order valence-corrected chi connectivity index (χ4v) is 2.17. The Morgan fingerprint density at radius 1 is 1.50 bits per heavy atom. The van der Waals surface area contributed by atoms with Crippen LogP contribution in [-0.4, -0.2) is 39.3 Å². The highest BCUT2D eigenvalue weighted by Gasteiger charge is 2.23. The number of aryl methyl sites for hydroxylation is 1. The van der Waals surface area contributed by atoms with Gasteiger partial charge in [-0.2, -0.15) is 4.68 Å². The van der Waals surface area contributed by atoms with Gasteiger partial charge in [-0.1, -0.05) is 6.07 Å². The molecule has 2 heterocycles.